The van der Waals surface area contributed by atoms with E-state index in [1.165, 1.54) is 6.92 Å². The SMILES string of the molecule is CC(=O)N/N=C1\Nc2c(C)cc(C(F)(F)F)cc2NC1(C)C. The molecule has 0 fully saturated rings. The Hall–Kier alpha value is -2.25. The molecule has 1 aromatic rings. The van der Waals surface area contributed by atoms with Gasteiger partial charge in [0.2, 0.25) is 5.91 Å². The van der Waals surface area contributed by atoms with Crippen LogP contribution in [0.3, 0.4) is 0 Å². The van der Waals surface area contributed by atoms with Gasteiger partial charge in [0.05, 0.1) is 22.5 Å². The number of nitrogens with one attached hydrogen (secondary N) is 3. The fraction of sp³-hybridized carbons (Fsp3) is 0.429. The topological polar surface area (TPSA) is 65.5 Å². The summed E-state index contributed by atoms with van der Waals surface area (Å²) in [6, 6.07) is 2.13. The van der Waals surface area contributed by atoms with Gasteiger partial charge in [-0.1, -0.05) is 0 Å². The molecule has 120 valence electrons. The first-order valence-electron chi connectivity index (χ1n) is 6.62. The maximum Gasteiger partial charge on any atom is 0.416 e. The van der Waals surface area contributed by atoms with E-state index >= 15 is 0 Å². The molecule has 0 radical (unpaired) electrons. The van der Waals surface area contributed by atoms with E-state index in [9.17, 15) is 18.0 Å². The zero-order valence-electron chi connectivity index (χ0n) is 12.6. The Morgan fingerprint density at radius 1 is 1.32 bits per heavy atom. The van der Waals surface area contributed by atoms with Crippen LogP contribution < -0.4 is 16.1 Å². The molecule has 1 heterocycles. The standard InChI is InChI=1S/C14H17F3N4O/c1-7-5-9(14(15,16)17)6-10-11(7)18-12(13(3,4)19-10)21-20-8(2)22/h5-6,19H,1-4H3,(H,18,21)(H,20,22). The summed E-state index contributed by atoms with van der Waals surface area (Å²) in [6.07, 6.45) is -4.41. The van der Waals surface area contributed by atoms with E-state index in [-0.39, 0.29) is 5.91 Å². The number of carbonyl (C=O) groups is 1. The van der Waals surface area contributed by atoms with Crippen molar-refractivity contribution >= 4 is 23.1 Å². The van der Waals surface area contributed by atoms with E-state index in [2.05, 4.69) is 21.2 Å². The van der Waals surface area contributed by atoms with Crippen molar-refractivity contribution in [2.24, 2.45) is 5.10 Å². The van der Waals surface area contributed by atoms with Crippen LogP contribution in [0.1, 0.15) is 31.9 Å². The van der Waals surface area contributed by atoms with Crippen LogP contribution in [0.5, 0.6) is 0 Å². The number of hydrazone groups is 1. The van der Waals surface area contributed by atoms with Crippen LogP contribution in [0, 0.1) is 6.92 Å². The highest BCUT2D eigenvalue weighted by atomic mass is 19.4. The van der Waals surface area contributed by atoms with Gasteiger partial charge in [0.1, 0.15) is 0 Å². The van der Waals surface area contributed by atoms with Gasteiger partial charge in [0.25, 0.3) is 0 Å². The van der Waals surface area contributed by atoms with E-state index in [0.717, 1.165) is 12.1 Å². The smallest absolute Gasteiger partial charge is 0.371 e. The molecule has 1 amide bonds. The minimum atomic E-state index is -4.41. The molecule has 0 saturated carbocycles. The van der Waals surface area contributed by atoms with Crippen LogP contribution in [0.25, 0.3) is 0 Å². The van der Waals surface area contributed by atoms with Crippen LogP contribution in [0.15, 0.2) is 17.2 Å². The molecule has 2 rings (SSSR count). The summed E-state index contributed by atoms with van der Waals surface area (Å²) >= 11 is 0. The molecule has 0 bridgehead atoms. The minimum absolute atomic E-state index is 0.333. The van der Waals surface area contributed by atoms with Crippen molar-refractivity contribution in [1.82, 2.24) is 5.43 Å². The van der Waals surface area contributed by atoms with Crippen molar-refractivity contribution in [1.29, 1.82) is 0 Å². The van der Waals surface area contributed by atoms with Gasteiger partial charge in [0.15, 0.2) is 5.84 Å². The monoisotopic (exact) mass is 314 g/mol. The molecule has 5 nitrogen and oxygen atoms in total. The summed E-state index contributed by atoms with van der Waals surface area (Å²) < 4.78 is 38.7. The summed E-state index contributed by atoms with van der Waals surface area (Å²) in [7, 11) is 0. The first-order chi connectivity index (χ1) is 10.0. The van der Waals surface area contributed by atoms with Crippen molar-refractivity contribution in [3.8, 4) is 0 Å². The molecule has 0 aliphatic carbocycles. The third-order valence-electron chi connectivity index (χ3n) is 3.27. The Kier molecular flexibility index (Phi) is 3.80. The average molecular weight is 314 g/mol. The summed E-state index contributed by atoms with van der Waals surface area (Å²) in [4.78, 5) is 11.0. The van der Waals surface area contributed by atoms with Crippen LogP contribution in [-0.4, -0.2) is 17.3 Å². The average Bonchev–Trinajstić information content (AvgIpc) is 2.33. The number of nitrogens with zero attached hydrogens (tertiary/aromatic N) is 1. The van der Waals surface area contributed by atoms with Gasteiger partial charge in [-0.15, -0.1) is 0 Å². The quantitative estimate of drug-likeness (QED) is 0.698. The first-order valence-corrected chi connectivity index (χ1v) is 6.62. The third-order valence-corrected chi connectivity index (χ3v) is 3.27. The number of anilines is 2. The number of hydrogen-bond acceptors (Lipinski definition) is 3. The molecule has 1 aliphatic rings. The largest absolute Gasteiger partial charge is 0.416 e. The zero-order chi connectivity index (χ0) is 16.7. The summed E-state index contributed by atoms with van der Waals surface area (Å²) in [5.74, 6) is 0.0816. The van der Waals surface area contributed by atoms with Crippen molar-refractivity contribution in [2.45, 2.75) is 39.4 Å². The fourth-order valence-corrected chi connectivity index (χ4v) is 2.19. The van der Waals surface area contributed by atoms with Crippen molar-refractivity contribution in [3.63, 3.8) is 0 Å². The number of amidine groups is 1. The normalized spacial score (nSPS) is 18.2. The molecule has 8 heteroatoms. The Morgan fingerprint density at radius 3 is 2.50 bits per heavy atom. The third kappa shape index (κ3) is 3.15. The predicted octanol–water partition coefficient (Wildman–Crippen LogP) is 3.08. The number of hydrogen-bond donors (Lipinski definition) is 3. The summed E-state index contributed by atoms with van der Waals surface area (Å²) in [5, 5.41) is 9.98. The first kappa shape index (κ1) is 16.1. The lowest BCUT2D eigenvalue weighted by Crippen LogP contribution is -2.49. The van der Waals surface area contributed by atoms with Gasteiger partial charge in [-0.2, -0.15) is 18.3 Å². The lowest BCUT2D eigenvalue weighted by atomic mass is 9.96. The molecule has 1 aliphatic heterocycles. The second-order valence-corrected chi connectivity index (χ2v) is 5.72. The highest BCUT2D eigenvalue weighted by Crippen LogP contribution is 2.39. The second kappa shape index (κ2) is 5.19. The van der Waals surface area contributed by atoms with E-state index in [1.54, 1.807) is 20.8 Å². The number of halogens is 3. The lowest BCUT2D eigenvalue weighted by molar-refractivity contribution is -0.137. The van der Waals surface area contributed by atoms with Gasteiger partial charge in [-0.3, -0.25) is 4.79 Å². The van der Waals surface area contributed by atoms with Crippen LogP contribution in [-0.2, 0) is 11.0 Å². The van der Waals surface area contributed by atoms with Gasteiger partial charge in [-0.05, 0) is 38.5 Å². The van der Waals surface area contributed by atoms with Crippen LogP contribution in [0.2, 0.25) is 0 Å². The summed E-state index contributed by atoms with van der Waals surface area (Å²) in [5.41, 5.74) is 2.14. The van der Waals surface area contributed by atoms with Crippen molar-refractivity contribution in [2.75, 3.05) is 10.6 Å². The number of benzene rings is 1. The molecular weight excluding hydrogens is 297 g/mol. The van der Waals surface area contributed by atoms with E-state index in [1.807, 2.05) is 0 Å². The van der Waals surface area contributed by atoms with Gasteiger partial charge in [-0.25, -0.2) is 5.43 Å². The Balaban J connectivity index is 2.46. The highest BCUT2D eigenvalue weighted by Gasteiger charge is 2.36. The lowest BCUT2D eigenvalue weighted by Gasteiger charge is -2.36. The fourth-order valence-electron chi connectivity index (χ4n) is 2.19. The number of carbonyl (C=O) groups excluding carboxylic acids is 1. The molecule has 0 atom stereocenters. The molecule has 0 spiro atoms. The zero-order valence-corrected chi connectivity index (χ0v) is 12.6. The Bertz CT molecular complexity index is 650. The Labute approximate surface area is 126 Å². The number of aryl methyl sites for hydroxylation is 1. The molecule has 3 N–H and O–H groups in total. The van der Waals surface area contributed by atoms with Gasteiger partial charge >= 0.3 is 6.18 Å². The van der Waals surface area contributed by atoms with E-state index in [0.29, 0.717) is 22.8 Å². The minimum Gasteiger partial charge on any atom is -0.371 e. The van der Waals surface area contributed by atoms with E-state index in [4.69, 9.17) is 0 Å². The number of fused-ring (bicyclic) bond motifs is 1. The molecule has 22 heavy (non-hydrogen) atoms. The molecule has 0 aromatic heterocycles. The second-order valence-electron chi connectivity index (χ2n) is 5.72. The van der Waals surface area contributed by atoms with Gasteiger partial charge < -0.3 is 10.6 Å². The predicted molar refractivity (Wildman–Crippen MR) is 78.8 cm³/mol. The van der Waals surface area contributed by atoms with E-state index < -0.39 is 17.3 Å². The highest BCUT2D eigenvalue weighted by molar-refractivity contribution is 6.09. The molecule has 0 saturated heterocycles. The van der Waals surface area contributed by atoms with Crippen molar-refractivity contribution < 1.29 is 18.0 Å². The Morgan fingerprint density at radius 2 is 1.95 bits per heavy atom. The number of rotatable bonds is 1. The number of amides is 1. The van der Waals surface area contributed by atoms with Crippen LogP contribution in [0.4, 0.5) is 24.5 Å². The number of alkyl halides is 3. The summed E-state index contributed by atoms with van der Waals surface area (Å²) in [6.45, 7) is 6.40. The van der Waals surface area contributed by atoms with Crippen LogP contribution >= 0.6 is 0 Å². The molecular formula is C14H17F3N4O. The van der Waals surface area contributed by atoms with Crippen molar-refractivity contribution in [3.05, 3.63) is 23.3 Å². The molecule has 1 aromatic carbocycles. The maximum absolute atomic E-state index is 12.9. The molecule has 0 unspecified atom stereocenters. The van der Waals surface area contributed by atoms with Gasteiger partial charge in [0, 0.05) is 6.92 Å². The maximum atomic E-state index is 12.9.